The summed E-state index contributed by atoms with van der Waals surface area (Å²) >= 11 is 0. The number of fused-ring (bicyclic) bond motifs is 1. The Bertz CT molecular complexity index is 870. The fraction of sp³-hybridized carbons (Fsp3) is 0.263. The van der Waals surface area contributed by atoms with Crippen LogP contribution in [0.2, 0.25) is 0 Å². The summed E-state index contributed by atoms with van der Waals surface area (Å²) in [5, 5.41) is 0. The summed E-state index contributed by atoms with van der Waals surface area (Å²) in [6.07, 6.45) is 3.91. The van der Waals surface area contributed by atoms with Crippen molar-refractivity contribution in [3.05, 3.63) is 65.6 Å². The second kappa shape index (κ2) is 6.74. The average Bonchev–Trinajstić information content (AvgIpc) is 3.03. The van der Waals surface area contributed by atoms with Gasteiger partial charge in [-0.3, -0.25) is 4.79 Å². The van der Waals surface area contributed by atoms with E-state index in [-0.39, 0.29) is 5.91 Å². The van der Waals surface area contributed by atoms with Crippen molar-refractivity contribution in [3.63, 3.8) is 0 Å². The fourth-order valence-corrected chi connectivity index (χ4v) is 2.54. The highest BCUT2D eigenvalue weighted by Crippen LogP contribution is 2.21. The van der Waals surface area contributed by atoms with Crippen molar-refractivity contribution >= 4 is 11.6 Å². The van der Waals surface area contributed by atoms with Crippen LogP contribution in [0, 0.1) is 6.92 Å². The van der Waals surface area contributed by atoms with Crippen molar-refractivity contribution in [1.82, 2.24) is 14.3 Å². The van der Waals surface area contributed by atoms with E-state index in [1.807, 2.05) is 61.0 Å². The molecule has 0 aliphatic heterocycles. The van der Waals surface area contributed by atoms with Gasteiger partial charge in [0.25, 0.3) is 5.91 Å². The monoisotopic (exact) mass is 323 g/mol. The Morgan fingerprint density at radius 3 is 2.79 bits per heavy atom. The van der Waals surface area contributed by atoms with E-state index in [0.29, 0.717) is 24.5 Å². The molecule has 124 valence electrons. The number of benzene rings is 1. The van der Waals surface area contributed by atoms with Crippen LogP contribution in [0.4, 0.5) is 0 Å². The van der Waals surface area contributed by atoms with Crippen LogP contribution in [-0.4, -0.2) is 33.8 Å². The number of carbonyl (C=O) groups is 1. The van der Waals surface area contributed by atoms with Gasteiger partial charge in [-0.1, -0.05) is 18.2 Å². The Morgan fingerprint density at radius 1 is 1.25 bits per heavy atom. The SMILES string of the molecule is CCN(C)C(=O)c1ccccc1OCc1cn2cccc(C)c2n1. The summed E-state index contributed by atoms with van der Waals surface area (Å²) in [7, 11) is 1.78. The summed E-state index contributed by atoms with van der Waals surface area (Å²) in [4.78, 5) is 18.7. The Kier molecular flexibility index (Phi) is 4.51. The Morgan fingerprint density at radius 2 is 2.04 bits per heavy atom. The lowest BCUT2D eigenvalue weighted by atomic mass is 10.2. The topological polar surface area (TPSA) is 46.8 Å². The number of nitrogens with zero attached hydrogens (tertiary/aromatic N) is 3. The standard InChI is InChI=1S/C19H21N3O2/c1-4-21(3)19(23)16-9-5-6-10-17(16)24-13-15-12-22-11-7-8-14(2)18(22)20-15/h5-12H,4,13H2,1-3H3. The summed E-state index contributed by atoms with van der Waals surface area (Å²) in [6, 6.07) is 11.3. The molecule has 0 radical (unpaired) electrons. The molecule has 0 atom stereocenters. The predicted octanol–water partition coefficient (Wildman–Crippen LogP) is 3.31. The molecule has 2 aromatic heterocycles. The number of ether oxygens (including phenoxy) is 1. The van der Waals surface area contributed by atoms with E-state index >= 15 is 0 Å². The molecule has 0 spiro atoms. The van der Waals surface area contributed by atoms with Crippen LogP contribution in [0.1, 0.15) is 28.5 Å². The maximum Gasteiger partial charge on any atom is 0.257 e. The van der Waals surface area contributed by atoms with Crippen molar-refractivity contribution < 1.29 is 9.53 Å². The molecule has 2 heterocycles. The van der Waals surface area contributed by atoms with Gasteiger partial charge in [0.2, 0.25) is 0 Å². The van der Waals surface area contributed by atoms with Gasteiger partial charge in [-0.25, -0.2) is 4.98 Å². The van der Waals surface area contributed by atoms with Gasteiger partial charge in [0.15, 0.2) is 0 Å². The third-order valence-corrected chi connectivity index (χ3v) is 4.04. The first kappa shape index (κ1) is 16.1. The normalized spacial score (nSPS) is 10.8. The van der Waals surface area contributed by atoms with Crippen LogP contribution in [0.3, 0.4) is 0 Å². The maximum atomic E-state index is 12.4. The second-order valence-electron chi connectivity index (χ2n) is 5.76. The summed E-state index contributed by atoms with van der Waals surface area (Å²) in [5.41, 5.74) is 3.44. The molecule has 0 N–H and O–H groups in total. The number of para-hydroxylation sites is 1. The van der Waals surface area contributed by atoms with E-state index in [4.69, 9.17) is 4.74 Å². The smallest absolute Gasteiger partial charge is 0.257 e. The van der Waals surface area contributed by atoms with E-state index in [9.17, 15) is 4.79 Å². The van der Waals surface area contributed by atoms with Gasteiger partial charge in [-0.05, 0) is 37.6 Å². The van der Waals surface area contributed by atoms with Gasteiger partial charge in [0.05, 0.1) is 11.3 Å². The first-order valence-electron chi connectivity index (χ1n) is 8.00. The van der Waals surface area contributed by atoms with Crippen LogP contribution < -0.4 is 4.74 Å². The molecule has 3 aromatic rings. The van der Waals surface area contributed by atoms with Crippen LogP contribution in [0.25, 0.3) is 5.65 Å². The van der Waals surface area contributed by atoms with Crippen molar-refractivity contribution in [1.29, 1.82) is 0 Å². The molecule has 0 bridgehead atoms. The van der Waals surface area contributed by atoms with E-state index in [0.717, 1.165) is 16.9 Å². The minimum atomic E-state index is -0.0426. The molecule has 0 unspecified atom stereocenters. The van der Waals surface area contributed by atoms with Crippen LogP contribution >= 0.6 is 0 Å². The van der Waals surface area contributed by atoms with Gasteiger partial charge in [0, 0.05) is 26.0 Å². The number of hydrogen-bond acceptors (Lipinski definition) is 3. The number of rotatable bonds is 5. The summed E-state index contributed by atoms with van der Waals surface area (Å²) in [5.74, 6) is 0.538. The summed E-state index contributed by atoms with van der Waals surface area (Å²) < 4.78 is 7.87. The molecular formula is C19H21N3O2. The van der Waals surface area contributed by atoms with Crippen molar-refractivity contribution in [2.24, 2.45) is 0 Å². The highest BCUT2D eigenvalue weighted by Gasteiger charge is 2.15. The molecule has 0 aliphatic rings. The van der Waals surface area contributed by atoms with Crippen molar-refractivity contribution in [3.8, 4) is 5.75 Å². The van der Waals surface area contributed by atoms with Crippen molar-refractivity contribution in [2.45, 2.75) is 20.5 Å². The first-order chi connectivity index (χ1) is 11.6. The molecule has 0 saturated carbocycles. The van der Waals surface area contributed by atoms with E-state index in [1.54, 1.807) is 18.0 Å². The van der Waals surface area contributed by atoms with Crippen molar-refractivity contribution in [2.75, 3.05) is 13.6 Å². The Balaban J connectivity index is 1.81. The average molecular weight is 323 g/mol. The molecule has 1 aromatic carbocycles. The van der Waals surface area contributed by atoms with E-state index in [1.165, 1.54) is 0 Å². The van der Waals surface area contributed by atoms with Gasteiger partial charge in [-0.15, -0.1) is 0 Å². The molecule has 5 heteroatoms. The number of hydrogen-bond donors (Lipinski definition) is 0. The third-order valence-electron chi connectivity index (χ3n) is 4.04. The van der Waals surface area contributed by atoms with E-state index in [2.05, 4.69) is 4.98 Å². The molecule has 1 amide bonds. The summed E-state index contributed by atoms with van der Waals surface area (Å²) in [6.45, 7) is 4.95. The van der Waals surface area contributed by atoms with Crippen LogP contribution in [0.5, 0.6) is 5.75 Å². The van der Waals surface area contributed by atoms with Gasteiger partial charge in [0.1, 0.15) is 18.0 Å². The molecule has 0 saturated heterocycles. The first-order valence-corrected chi connectivity index (χ1v) is 8.00. The highest BCUT2D eigenvalue weighted by molar-refractivity contribution is 5.96. The highest BCUT2D eigenvalue weighted by atomic mass is 16.5. The minimum absolute atomic E-state index is 0.0426. The van der Waals surface area contributed by atoms with Gasteiger partial charge in [-0.2, -0.15) is 0 Å². The molecule has 0 fully saturated rings. The number of imidazole rings is 1. The predicted molar refractivity (Wildman–Crippen MR) is 93.3 cm³/mol. The molecule has 5 nitrogen and oxygen atoms in total. The Labute approximate surface area is 141 Å². The zero-order valence-electron chi connectivity index (χ0n) is 14.2. The number of aromatic nitrogens is 2. The molecule has 3 rings (SSSR count). The maximum absolute atomic E-state index is 12.4. The lowest BCUT2D eigenvalue weighted by molar-refractivity contribution is 0.0797. The second-order valence-corrected chi connectivity index (χ2v) is 5.76. The zero-order chi connectivity index (χ0) is 17.1. The van der Waals surface area contributed by atoms with Crippen LogP contribution in [-0.2, 0) is 6.61 Å². The molecule has 24 heavy (non-hydrogen) atoms. The number of carbonyl (C=O) groups excluding carboxylic acids is 1. The number of pyridine rings is 1. The largest absolute Gasteiger partial charge is 0.486 e. The van der Waals surface area contributed by atoms with Gasteiger partial charge < -0.3 is 14.0 Å². The van der Waals surface area contributed by atoms with Crippen LogP contribution in [0.15, 0.2) is 48.8 Å². The lowest BCUT2D eigenvalue weighted by Crippen LogP contribution is -2.26. The van der Waals surface area contributed by atoms with E-state index < -0.39 is 0 Å². The quantitative estimate of drug-likeness (QED) is 0.724. The number of aryl methyl sites for hydroxylation is 1. The fourth-order valence-electron chi connectivity index (χ4n) is 2.54. The minimum Gasteiger partial charge on any atom is -0.486 e. The third kappa shape index (κ3) is 3.11. The zero-order valence-corrected chi connectivity index (χ0v) is 14.2. The lowest BCUT2D eigenvalue weighted by Gasteiger charge is -2.17. The Hall–Kier alpha value is -2.82. The van der Waals surface area contributed by atoms with Gasteiger partial charge >= 0.3 is 0 Å². The number of amides is 1. The molecule has 0 aliphatic carbocycles. The molecular weight excluding hydrogens is 302 g/mol.